The lowest BCUT2D eigenvalue weighted by molar-refractivity contribution is 0.0520. The molecular weight excluding hydrogens is 276 g/mol. The van der Waals surface area contributed by atoms with E-state index in [1.807, 2.05) is 20.8 Å². The van der Waals surface area contributed by atoms with Crippen molar-refractivity contribution in [2.75, 3.05) is 6.54 Å². The van der Waals surface area contributed by atoms with Gasteiger partial charge in [-0.15, -0.1) is 0 Å². The highest BCUT2D eigenvalue weighted by Gasteiger charge is 2.32. The number of alkyl carbamates (subject to hydrolysis) is 1. The van der Waals surface area contributed by atoms with Crippen LogP contribution >= 0.6 is 0 Å². The predicted molar refractivity (Wildman–Crippen MR) is 89.9 cm³/mol. The third kappa shape index (κ3) is 5.79. The molecule has 0 saturated heterocycles. The molecule has 0 aromatic carbocycles. The number of hydrogen-bond donors (Lipinski definition) is 2. The van der Waals surface area contributed by atoms with Gasteiger partial charge in [-0.3, -0.25) is 0 Å². The molecule has 2 fully saturated rings. The number of carbonyl (C=O) groups excluding carboxylic acids is 1. The summed E-state index contributed by atoms with van der Waals surface area (Å²) in [6, 6.07) is 0.910. The number of ether oxygens (including phenoxy) is 1. The van der Waals surface area contributed by atoms with Gasteiger partial charge in [-0.2, -0.15) is 0 Å². The number of nitrogens with one attached hydrogen (secondary N) is 2. The van der Waals surface area contributed by atoms with Crippen molar-refractivity contribution in [1.29, 1.82) is 0 Å². The van der Waals surface area contributed by atoms with Crippen molar-refractivity contribution >= 4 is 6.09 Å². The molecule has 0 aliphatic heterocycles. The van der Waals surface area contributed by atoms with Crippen molar-refractivity contribution < 1.29 is 9.53 Å². The molecule has 0 heterocycles. The van der Waals surface area contributed by atoms with Gasteiger partial charge in [0, 0.05) is 18.6 Å². The van der Waals surface area contributed by atoms with E-state index in [9.17, 15) is 4.79 Å². The second-order valence-corrected chi connectivity index (χ2v) is 8.27. The largest absolute Gasteiger partial charge is 0.444 e. The van der Waals surface area contributed by atoms with Crippen LogP contribution in [0.25, 0.3) is 0 Å². The zero-order chi connectivity index (χ0) is 16.2. The first-order chi connectivity index (χ1) is 10.3. The number of hydrogen-bond acceptors (Lipinski definition) is 3. The van der Waals surface area contributed by atoms with Crippen molar-refractivity contribution in [2.45, 2.75) is 90.3 Å². The quantitative estimate of drug-likeness (QED) is 0.829. The lowest BCUT2D eigenvalue weighted by Crippen LogP contribution is -2.47. The van der Waals surface area contributed by atoms with Gasteiger partial charge in [0.15, 0.2) is 0 Å². The van der Waals surface area contributed by atoms with Crippen LogP contribution in [0.2, 0.25) is 0 Å². The Labute approximate surface area is 135 Å². The second-order valence-electron chi connectivity index (χ2n) is 8.27. The molecule has 2 N–H and O–H groups in total. The van der Waals surface area contributed by atoms with Crippen LogP contribution in [-0.4, -0.2) is 30.3 Å². The lowest BCUT2D eigenvalue weighted by atomic mass is 9.69. The van der Waals surface area contributed by atoms with Crippen LogP contribution in [0.4, 0.5) is 4.79 Å². The fraction of sp³-hybridized carbons (Fsp3) is 0.944. The SMILES string of the molecule is CC(CNC(=O)OC(C)(C)C)NC1CCC2CCCCC2C1. The molecule has 4 unspecified atom stereocenters. The van der Waals surface area contributed by atoms with E-state index >= 15 is 0 Å². The van der Waals surface area contributed by atoms with Crippen molar-refractivity contribution in [3.8, 4) is 0 Å². The van der Waals surface area contributed by atoms with E-state index in [1.54, 1.807) is 0 Å². The summed E-state index contributed by atoms with van der Waals surface area (Å²) in [5, 5.41) is 6.56. The molecule has 4 atom stereocenters. The molecule has 2 aliphatic carbocycles. The van der Waals surface area contributed by atoms with Crippen LogP contribution in [0.15, 0.2) is 0 Å². The van der Waals surface area contributed by atoms with Gasteiger partial charge in [-0.05, 0) is 58.8 Å². The Kier molecular flexibility index (Phi) is 6.13. The van der Waals surface area contributed by atoms with E-state index < -0.39 is 5.60 Å². The van der Waals surface area contributed by atoms with Gasteiger partial charge in [0.1, 0.15) is 5.60 Å². The molecule has 2 aliphatic rings. The summed E-state index contributed by atoms with van der Waals surface area (Å²) in [5.74, 6) is 1.92. The van der Waals surface area contributed by atoms with Gasteiger partial charge >= 0.3 is 6.09 Å². The number of carbonyl (C=O) groups is 1. The molecule has 4 nitrogen and oxygen atoms in total. The molecule has 0 spiro atoms. The fourth-order valence-corrected chi connectivity index (χ4v) is 4.04. The Bertz CT molecular complexity index is 365. The third-order valence-corrected chi connectivity index (χ3v) is 5.01. The molecule has 1 amide bonds. The van der Waals surface area contributed by atoms with Gasteiger partial charge in [0.25, 0.3) is 0 Å². The second kappa shape index (κ2) is 7.67. The van der Waals surface area contributed by atoms with Crippen molar-refractivity contribution in [3.63, 3.8) is 0 Å². The molecule has 22 heavy (non-hydrogen) atoms. The van der Waals surface area contributed by atoms with Crippen molar-refractivity contribution in [2.24, 2.45) is 11.8 Å². The number of amides is 1. The molecule has 0 radical (unpaired) electrons. The van der Waals surface area contributed by atoms with Gasteiger partial charge in [-0.1, -0.05) is 25.7 Å². The molecule has 0 bridgehead atoms. The first-order valence-electron chi connectivity index (χ1n) is 9.06. The molecule has 2 saturated carbocycles. The average molecular weight is 310 g/mol. The van der Waals surface area contributed by atoms with Crippen molar-refractivity contribution in [1.82, 2.24) is 10.6 Å². The van der Waals surface area contributed by atoms with E-state index in [0.717, 1.165) is 11.8 Å². The van der Waals surface area contributed by atoms with Gasteiger partial charge in [0.2, 0.25) is 0 Å². The first kappa shape index (κ1) is 17.6. The van der Waals surface area contributed by atoms with Crippen molar-refractivity contribution in [3.05, 3.63) is 0 Å². The summed E-state index contributed by atoms with van der Waals surface area (Å²) in [5.41, 5.74) is -0.430. The minimum Gasteiger partial charge on any atom is -0.444 e. The highest BCUT2D eigenvalue weighted by molar-refractivity contribution is 5.67. The minimum atomic E-state index is -0.430. The normalized spacial score (nSPS) is 30.3. The van der Waals surface area contributed by atoms with E-state index in [4.69, 9.17) is 4.74 Å². The molecule has 0 aromatic heterocycles. The average Bonchev–Trinajstić information content (AvgIpc) is 2.43. The number of rotatable bonds is 4. The summed E-state index contributed by atoms with van der Waals surface area (Å²) in [6.45, 7) is 8.43. The Balaban J connectivity index is 1.66. The minimum absolute atomic E-state index is 0.289. The molecule has 2 rings (SSSR count). The maximum atomic E-state index is 11.7. The third-order valence-electron chi connectivity index (χ3n) is 5.01. The molecule has 0 aromatic rings. The lowest BCUT2D eigenvalue weighted by Gasteiger charge is -2.40. The summed E-state index contributed by atoms with van der Waals surface area (Å²) < 4.78 is 5.27. The molecule has 4 heteroatoms. The van der Waals surface area contributed by atoms with Crippen LogP contribution in [0.1, 0.15) is 72.6 Å². The number of fused-ring (bicyclic) bond motifs is 1. The zero-order valence-corrected chi connectivity index (χ0v) is 14.8. The highest BCUT2D eigenvalue weighted by Crippen LogP contribution is 2.40. The smallest absolute Gasteiger partial charge is 0.407 e. The first-order valence-corrected chi connectivity index (χ1v) is 9.06. The predicted octanol–water partition coefficient (Wildman–Crippen LogP) is 3.85. The van der Waals surface area contributed by atoms with Crippen LogP contribution in [0.5, 0.6) is 0 Å². The Morgan fingerprint density at radius 2 is 1.82 bits per heavy atom. The molecular formula is C18H34N2O2. The van der Waals surface area contributed by atoms with Gasteiger partial charge in [-0.25, -0.2) is 4.79 Å². The highest BCUT2D eigenvalue weighted by atomic mass is 16.6. The van der Waals surface area contributed by atoms with Crippen LogP contribution in [-0.2, 0) is 4.74 Å². The standard InChI is InChI=1S/C18H34N2O2/c1-13(12-19-17(21)22-18(2,3)4)20-16-10-9-14-7-5-6-8-15(14)11-16/h13-16,20H,5-12H2,1-4H3,(H,19,21). The monoisotopic (exact) mass is 310 g/mol. The fourth-order valence-electron chi connectivity index (χ4n) is 4.04. The summed E-state index contributed by atoms with van der Waals surface area (Å²) >= 11 is 0. The van der Waals surface area contributed by atoms with Crippen LogP contribution < -0.4 is 10.6 Å². The summed E-state index contributed by atoms with van der Waals surface area (Å²) in [4.78, 5) is 11.7. The Morgan fingerprint density at radius 1 is 1.14 bits per heavy atom. The topological polar surface area (TPSA) is 50.4 Å². The van der Waals surface area contributed by atoms with E-state index in [1.165, 1.54) is 44.9 Å². The zero-order valence-electron chi connectivity index (χ0n) is 14.8. The van der Waals surface area contributed by atoms with Crippen LogP contribution in [0, 0.1) is 11.8 Å². The Hall–Kier alpha value is -0.770. The summed E-state index contributed by atoms with van der Waals surface area (Å²) in [7, 11) is 0. The Morgan fingerprint density at radius 3 is 2.50 bits per heavy atom. The van der Waals surface area contributed by atoms with Gasteiger partial charge in [0.05, 0.1) is 0 Å². The van der Waals surface area contributed by atoms with E-state index in [2.05, 4.69) is 17.6 Å². The maximum Gasteiger partial charge on any atom is 0.407 e. The van der Waals surface area contributed by atoms with E-state index in [0.29, 0.717) is 12.6 Å². The van der Waals surface area contributed by atoms with Gasteiger partial charge < -0.3 is 15.4 Å². The summed E-state index contributed by atoms with van der Waals surface area (Å²) in [6.07, 6.45) is 9.41. The van der Waals surface area contributed by atoms with E-state index in [-0.39, 0.29) is 12.1 Å². The maximum absolute atomic E-state index is 11.7. The molecule has 128 valence electrons. The van der Waals surface area contributed by atoms with Crippen LogP contribution in [0.3, 0.4) is 0 Å².